The standard InChI is InChI=1S/C13H29N.2C2H6/c1-4-5-6-7-8-9-10-11-12-14-13(2)3;2*1-2/h13-14H,4-12H2,1-3H3;2*1-2H3. The normalized spacial score (nSPS) is 9.33. The summed E-state index contributed by atoms with van der Waals surface area (Å²) in [6.45, 7) is 15.9. The van der Waals surface area contributed by atoms with Crippen molar-refractivity contribution in [3.8, 4) is 0 Å². The predicted molar refractivity (Wildman–Crippen MR) is 88.4 cm³/mol. The molecule has 0 spiro atoms. The molecule has 0 rings (SSSR count). The van der Waals surface area contributed by atoms with Gasteiger partial charge >= 0.3 is 0 Å². The lowest BCUT2D eigenvalue weighted by molar-refractivity contribution is 0.528. The Morgan fingerprint density at radius 2 is 1.06 bits per heavy atom. The Balaban J connectivity index is -0.000000506. The minimum absolute atomic E-state index is 0.652. The predicted octanol–water partition coefficient (Wildman–Crippen LogP) is 6.18. The first kappa shape index (κ1) is 23.1. The van der Waals surface area contributed by atoms with Gasteiger partial charge in [-0.25, -0.2) is 0 Å². The first-order chi connectivity index (χ1) is 8.77. The van der Waals surface area contributed by atoms with Gasteiger partial charge in [-0.1, -0.05) is 93.4 Å². The van der Waals surface area contributed by atoms with Crippen molar-refractivity contribution >= 4 is 0 Å². The van der Waals surface area contributed by atoms with Crippen molar-refractivity contribution in [1.29, 1.82) is 0 Å². The molecular formula is C17H41N. The van der Waals surface area contributed by atoms with E-state index in [9.17, 15) is 0 Å². The second-order valence-electron chi connectivity index (χ2n) is 4.58. The first-order valence-corrected chi connectivity index (χ1v) is 8.50. The molecular weight excluding hydrogens is 218 g/mol. The Morgan fingerprint density at radius 1 is 0.667 bits per heavy atom. The van der Waals surface area contributed by atoms with E-state index < -0.39 is 0 Å². The molecule has 1 heteroatoms. The zero-order valence-corrected chi connectivity index (χ0v) is 14.4. The molecule has 0 fully saturated rings. The van der Waals surface area contributed by atoms with Crippen molar-refractivity contribution in [3.63, 3.8) is 0 Å². The highest BCUT2D eigenvalue weighted by Gasteiger charge is 1.93. The Morgan fingerprint density at radius 3 is 1.44 bits per heavy atom. The summed E-state index contributed by atoms with van der Waals surface area (Å²) in [6, 6.07) is 0.652. The highest BCUT2D eigenvalue weighted by molar-refractivity contribution is 4.53. The van der Waals surface area contributed by atoms with E-state index >= 15 is 0 Å². The fourth-order valence-electron chi connectivity index (χ4n) is 1.65. The smallest absolute Gasteiger partial charge is 0.00103 e. The van der Waals surface area contributed by atoms with Crippen LogP contribution >= 0.6 is 0 Å². The fraction of sp³-hybridized carbons (Fsp3) is 1.00. The Bertz CT molecular complexity index is 99.8. The van der Waals surface area contributed by atoms with E-state index in [1.165, 1.54) is 57.9 Å². The van der Waals surface area contributed by atoms with Crippen LogP contribution in [0.3, 0.4) is 0 Å². The Hall–Kier alpha value is -0.0400. The highest BCUT2D eigenvalue weighted by atomic mass is 14.9. The summed E-state index contributed by atoms with van der Waals surface area (Å²) in [6.07, 6.45) is 11.3. The lowest BCUT2D eigenvalue weighted by atomic mass is 10.1. The third kappa shape index (κ3) is 29.7. The van der Waals surface area contributed by atoms with Crippen LogP contribution in [-0.2, 0) is 0 Å². The van der Waals surface area contributed by atoms with Crippen molar-refractivity contribution in [2.45, 2.75) is 106 Å². The highest BCUT2D eigenvalue weighted by Crippen LogP contribution is 2.07. The fourth-order valence-corrected chi connectivity index (χ4v) is 1.65. The van der Waals surface area contributed by atoms with Crippen molar-refractivity contribution < 1.29 is 0 Å². The summed E-state index contributed by atoms with van der Waals surface area (Å²) < 4.78 is 0. The van der Waals surface area contributed by atoms with E-state index in [1.54, 1.807) is 0 Å². The molecule has 0 aliphatic rings. The molecule has 114 valence electrons. The van der Waals surface area contributed by atoms with Gasteiger partial charge in [0.1, 0.15) is 0 Å². The molecule has 0 saturated carbocycles. The molecule has 0 atom stereocenters. The maximum absolute atomic E-state index is 3.46. The van der Waals surface area contributed by atoms with Crippen LogP contribution in [0.25, 0.3) is 0 Å². The molecule has 0 aromatic heterocycles. The molecule has 0 aromatic carbocycles. The monoisotopic (exact) mass is 259 g/mol. The average molecular weight is 260 g/mol. The van der Waals surface area contributed by atoms with Crippen molar-refractivity contribution in [3.05, 3.63) is 0 Å². The number of unbranched alkanes of at least 4 members (excludes halogenated alkanes) is 7. The molecule has 0 aliphatic carbocycles. The number of hydrogen-bond donors (Lipinski definition) is 1. The zero-order valence-electron chi connectivity index (χ0n) is 14.4. The summed E-state index contributed by atoms with van der Waals surface area (Å²) in [7, 11) is 0. The molecule has 0 saturated heterocycles. The van der Waals surface area contributed by atoms with Gasteiger partial charge in [-0.05, 0) is 13.0 Å². The molecule has 0 amide bonds. The van der Waals surface area contributed by atoms with Gasteiger partial charge in [-0.15, -0.1) is 0 Å². The number of rotatable bonds is 10. The topological polar surface area (TPSA) is 12.0 Å². The second-order valence-corrected chi connectivity index (χ2v) is 4.58. The van der Waals surface area contributed by atoms with Crippen molar-refractivity contribution in [1.82, 2.24) is 5.32 Å². The van der Waals surface area contributed by atoms with E-state index in [0.29, 0.717) is 6.04 Å². The zero-order chi connectivity index (χ0) is 14.6. The van der Waals surface area contributed by atoms with Gasteiger partial charge in [0, 0.05) is 6.04 Å². The molecule has 1 N–H and O–H groups in total. The van der Waals surface area contributed by atoms with E-state index in [2.05, 4.69) is 26.1 Å². The number of hydrogen-bond acceptors (Lipinski definition) is 1. The van der Waals surface area contributed by atoms with E-state index in [0.717, 1.165) is 0 Å². The lowest BCUT2D eigenvalue weighted by Crippen LogP contribution is -2.23. The molecule has 0 heterocycles. The molecule has 0 unspecified atom stereocenters. The van der Waals surface area contributed by atoms with Gasteiger partial charge in [0.05, 0.1) is 0 Å². The quantitative estimate of drug-likeness (QED) is 0.462. The minimum Gasteiger partial charge on any atom is -0.315 e. The first-order valence-electron chi connectivity index (χ1n) is 8.50. The van der Waals surface area contributed by atoms with Crippen LogP contribution in [0.4, 0.5) is 0 Å². The van der Waals surface area contributed by atoms with Gasteiger partial charge in [-0.2, -0.15) is 0 Å². The third-order valence-corrected chi connectivity index (χ3v) is 2.58. The maximum Gasteiger partial charge on any atom is 0.00103 e. The van der Waals surface area contributed by atoms with Crippen molar-refractivity contribution in [2.24, 2.45) is 0 Å². The Kier molecular flexibility index (Phi) is 33.0. The summed E-state index contributed by atoms with van der Waals surface area (Å²) in [5.41, 5.74) is 0. The summed E-state index contributed by atoms with van der Waals surface area (Å²) in [5.74, 6) is 0. The molecule has 18 heavy (non-hydrogen) atoms. The second kappa shape index (κ2) is 25.7. The van der Waals surface area contributed by atoms with Crippen LogP contribution in [0.15, 0.2) is 0 Å². The SMILES string of the molecule is CC.CC.CCCCCCCCCCNC(C)C. The van der Waals surface area contributed by atoms with Gasteiger partial charge in [0.2, 0.25) is 0 Å². The van der Waals surface area contributed by atoms with E-state index in [4.69, 9.17) is 0 Å². The minimum atomic E-state index is 0.652. The van der Waals surface area contributed by atoms with Crippen LogP contribution < -0.4 is 5.32 Å². The maximum atomic E-state index is 3.46. The molecule has 0 radical (unpaired) electrons. The van der Waals surface area contributed by atoms with Crippen LogP contribution in [0.1, 0.15) is 99.8 Å². The third-order valence-electron chi connectivity index (χ3n) is 2.58. The van der Waals surface area contributed by atoms with Crippen LogP contribution in [0.5, 0.6) is 0 Å². The molecule has 0 bridgehead atoms. The van der Waals surface area contributed by atoms with Gasteiger partial charge in [0.25, 0.3) is 0 Å². The summed E-state index contributed by atoms with van der Waals surface area (Å²) in [4.78, 5) is 0. The Labute approximate surface area is 118 Å². The van der Waals surface area contributed by atoms with Gasteiger partial charge in [-0.3, -0.25) is 0 Å². The van der Waals surface area contributed by atoms with Crippen LogP contribution in [0.2, 0.25) is 0 Å². The largest absolute Gasteiger partial charge is 0.315 e. The summed E-state index contributed by atoms with van der Waals surface area (Å²) in [5, 5.41) is 3.46. The molecule has 0 aliphatic heterocycles. The number of nitrogens with one attached hydrogen (secondary N) is 1. The summed E-state index contributed by atoms with van der Waals surface area (Å²) >= 11 is 0. The van der Waals surface area contributed by atoms with Crippen LogP contribution in [-0.4, -0.2) is 12.6 Å². The van der Waals surface area contributed by atoms with Gasteiger partial charge < -0.3 is 5.32 Å². The lowest BCUT2D eigenvalue weighted by Gasteiger charge is -2.07. The molecule has 1 nitrogen and oxygen atoms in total. The average Bonchev–Trinajstić information content (AvgIpc) is 2.41. The van der Waals surface area contributed by atoms with Crippen molar-refractivity contribution in [2.75, 3.05) is 6.54 Å². The van der Waals surface area contributed by atoms with E-state index in [1.807, 2.05) is 27.7 Å². The van der Waals surface area contributed by atoms with E-state index in [-0.39, 0.29) is 0 Å². The van der Waals surface area contributed by atoms with Crippen LogP contribution in [0, 0.1) is 0 Å². The molecule has 0 aromatic rings. The van der Waals surface area contributed by atoms with Gasteiger partial charge in [0.15, 0.2) is 0 Å².